The molecular formula is C24H30ClFN6O2. The van der Waals surface area contributed by atoms with Crippen molar-refractivity contribution in [2.24, 2.45) is 0 Å². The Balaban J connectivity index is 0.00000274. The largest absolute Gasteiger partial charge is 0.496 e. The van der Waals surface area contributed by atoms with Crippen molar-refractivity contribution in [2.75, 3.05) is 57.1 Å². The lowest BCUT2D eigenvalue weighted by Crippen LogP contribution is -2.43. The molecule has 3 aromatic rings. The van der Waals surface area contributed by atoms with Crippen LogP contribution in [0, 0.1) is 5.82 Å². The van der Waals surface area contributed by atoms with Gasteiger partial charge >= 0.3 is 0 Å². The van der Waals surface area contributed by atoms with Crippen molar-refractivity contribution in [1.82, 2.24) is 20.2 Å². The molecule has 2 aliphatic rings. The first-order valence-electron chi connectivity index (χ1n) is 11.4. The van der Waals surface area contributed by atoms with Gasteiger partial charge in [-0.05, 0) is 38.6 Å². The van der Waals surface area contributed by atoms with Gasteiger partial charge in [0.1, 0.15) is 22.9 Å². The number of carbonyl (C=O) groups is 1. The van der Waals surface area contributed by atoms with Crippen molar-refractivity contribution < 1.29 is 13.9 Å². The molecule has 2 fully saturated rings. The van der Waals surface area contributed by atoms with Crippen LogP contribution < -0.4 is 20.3 Å². The summed E-state index contributed by atoms with van der Waals surface area (Å²) in [6.07, 6.45) is 4.02. The molecule has 2 aromatic heterocycles. The van der Waals surface area contributed by atoms with Crippen molar-refractivity contribution in [3.05, 3.63) is 47.5 Å². The average Bonchev–Trinajstić information content (AvgIpc) is 3.44. The van der Waals surface area contributed by atoms with Gasteiger partial charge in [0.25, 0.3) is 5.91 Å². The van der Waals surface area contributed by atoms with Crippen LogP contribution in [0.5, 0.6) is 5.75 Å². The van der Waals surface area contributed by atoms with Crippen LogP contribution in [0.1, 0.15) is 34.9 Å². The molecule has 0 bridgehead atoms. The standard InChI is InChI=1S/C24H29FN6O2.ClH/c1-30-7-3-4-20(30)19-10-15-14-27-22(13-18(15)28-19)29-24(32)23-17(25)11-16(12-21(23)33-2)31-8-5-26-6-9-31;/h10-14,20,26,28H,3-9H2,1-2H3,(H,27,29,32);1H/t20-;/m1./s1. The number of nitrogens with one attached hydrogen (secondary N) is 3. The molecule has 2 aliphatic heterocycles. The first-order chi connectivity index (χ1) is 16.0. The summed E-state index contributed by atoms with van der Waals surface area (Å²) in [5.41, 5.74) is 2.61. The highest BCUT2D eigenvalue weighted by molar-refractivity contribution is 6.06. The number of benzene rings is 1. The zero-order valence-electron chi connectivity index (χ0n) is 19.4. The number of nitrogens with zero attached hydrogens (tertiary/aromatic N) is 3. The third-order valence-corrected chi connectivity index (χ3v) is 6.61. The number of aromatic amines is 1. The number of amides is 1. The van der Waals surface area contributed by atoms with E-state index in [9.17, 15) is 4.79 Å². The molecule has 0 saturated carbocycles. The van der Waals surface area contributed by atoms with Gasteiger partial charge in [0.15, 0.2) is 0 Å². The second-order valence-corrected chi connectivity index (χ2v) is 8.72. The number of piperazine rings is 1. The lowest BCUT2D eigenvalue weighted by molar-refractivity contribution is 0.101. The minimum absolute atomic E-state index is 0. The number of ether oxygens (including phenoxy) is 1. The molecule has 3 N–H and O–H groups in total. The van der Waals surface area contributed by atoms with E-state index in [-0.39, 0.29) is 23.7 Å². The van der Waals surface area contributed by atoms with Gasteiger partial charge in [0.05, 0.1) is 12.6 Å². The van der Waals surface area contributed by atoms with Crippen LogP contribution in [-0.2, 0) is 0 Å². The maximum atomic E-state index is 15.1. The molecule has 1 aromatic carbocycles. The molecule has 182 valence electrons. The molecule has 5 rings (SSSR count). The first kappa shape index (κ1) is 24.3. The number of hydrogen-bond donors (Lipinski definition) is 3. The average molecular weight is 489 g/mol. The quantitative estimate of drug-likeness (QED) is 0.509. The topological polar surface area (TPSA) is 85.5 Å². The van der Waals surface area contributed by atoms with Crippen LogP contribution in [0.4, 0.5) is 15.9 Å². The molecule has 4 heterocycles. The van der Waals surface area contributed by atoms with E-state index >= 15 is 4.39 Å². The van der Waals surface area contributed by atoms with Gasteiger partial charge in [0, 0.05) is 67.3 Å². The van der Waals surface area contributed by atoms with E-state index in [2.05, 4.69) is 43.5 Å². The van der Waals surface area contributed by atoms with Crippen LogP contribution in [0.25, 0.3) is 10.9 Å². The van der Waals surface area contributed by atoms with E-state index in [1.54, 1.807) is 18.3 Å². The molecule has 34 heavy (non-hydrogen) atoms. The first-order valence-corrected chi connectivity index (χ1v) is 11.4. The molecule has 0 aliphatic carbocycles. The van der Waals surface area contributed by atoms with Gasteiger partial charge < -0.3 is 25.3 Å². The van der Waals surface area contributed by atoms with Crippen LogP contribution >= 0.6 is 12.4 Å². The van der Waals surface area contributed by atoms with E-state index < -0.39 is 11.7 Å². The summed E-state index contributed by atoms with van der Waals surface area (Å²) in [5.74, 6) is -0.653. The highest BCUT2D eigenvalue weighted by Gasteiger charge is 2.25. The van der Waals surface area contributed by atoms with Gasteiger partial charge in [-0.15, -0.1) is 12.4 Å². The number of carbonyl (C=O) groups excluding carboxylic acids is 1. The summed E-state index contributed by atoms with van der Waals surface area (Å²) in [7, 11) is 3.57. The summed E-state index contributed by atoms with van der Waals surface area (Å²) < 4.78 is 20.4. The molecule has 1 amide bonds. The van der Waals surface area contributed by atoms with E-state index in [1.807, 2.05) is 0 Å². The van der Waals surface area contributed by atoms with Gasteiger partial charge in [-0.25, -0.2) is 9.37 Å². The van der Waals surface area contributed by atoms with Gasteiger partial charge in [-0.2, -0.15) is 0 Å². The molecule has 1 atom stereocenters. The number of H-pyrrole nitrogens is 1. The number of likely N-dealkylation sites (tertiary alicyclic amines) is 1. The maximum Gasteiger partial charge on any atom is 0.263 e. The number of pyridine rings is 1. The Labute approximate surface area is 204 Å². The molecule has 0 radical (unpaired) electrons. The third-order valence-electron chi connectivity index (χ3n) is 6.61. The number of methoxy groups -OCH3 is 1. The summed E-state index contributed by atoms with van der Waals surface area (Å²) >= 11 is 0. The van der Waals surface area contributed by atoms with Gasteiger partial charge in [-0.1, -0.05) is 0 Å². The molecular weight excluding hydrogens is 459 g/mol. The molecule has 0 unspecified atom stereocenters. The number of fused-ring (bicyclic) bond motifs is 1. The van der Waals surface area contributed by atoms with Crippen molar-refractivity contribution in [1.29, 1.82) is 0 Å². The summed E-state index contributed by atoms with van der Waals surface area (Å²) in [6, 6.07) is 7.37. The predicted molar refractivity (Wildman–Crippen MR) is 134 cm³/mol. The maximum absolute atomic E-state index is 15.1. The Morgan fingerprint density at radius 1 is 1.21 bits per heavy atom. The second kappa shape index (κ2) is 10.2. The number of aromatic nitrogens is 2. The fraction of sp³-hybridized carbons (Fsp3) is 0.417. The van der Waals surface area contributed by atoms with Gasteiger partial charge in [0.2, 0.25) is 0 Å². The lowest BCUT2D eigenvalue weighted by atomic mass is 10.1. The predicted octanol–water partition coefficient (Wildman–Crippen LogP) is 3.56. The van der Waals surface area contributed by atoms with Crippen LogP contribution in [0.15, 0.2) is 30.5 Å². The van der Waals surface area contributed by atoms with E-state index in [0.29, 0.717) is 17.5 Å². The fourth-order valence-electron chi connectivity index (χ4n) is 4.83. The Kier molecular flexibility index (Phi) is 7.25. The van der Waals surface area contributed by atoms with E-state index in [0.717, 1.165) is 55.7 Å². The van der Waals surface area contributed by atoms with Crippen molar-refractivity contribution >= 4 is 40.7 Å². The normalized spacial score (nSPS) is 18.7. The minimum atomic E-state index is -0.618. The van der Waals surface area contributed by atoms with Gasteiger partial charge in [-0.3, -0.25) is 9.69 Å². The fourth-order valence-corrected chi connectivity index (χ4v) is 4.83. The third kappa shape index (κ3) is 4.68. The summed E-state index contributed by atoms with van der Waals surface area (Å²) in [6.45, 7) is 4.29. The Bertz CT molecular complexity index is 1180. The summed E-state index contributed by atoms with van der Waals surface area (Å²) in [5, 5.41) is 6.98. The molecule has 10 heteroatoms. The van der Waals surface area contributed by atoms with Crippen LogP contribution in [0.3, 0.4) is 0 Å². The Morgan fingerprint density at radius 2 is 2.00 bits per heavy atom. The van der Waals surface area contributed by atoms with Crippen molar-refractivity contribution in [2.45, 2.75) is 18.9 Å². The van der Waals surface area contributed by atoms with Crippen LogP contribution in [0.2, 0.25) is 0 Å². The zero-order valence-corrected chi connectivity index (χ0v) is 20.2. The second-order valence-electron chi connectivity index (χ2n) is 8.72. The SMILES string of the molecule is COc1cc(N2CCNCC2)cc(F)c1C(=O)Nc1cc2[nH]c([C@H]3CCCN3C)cc2cn1.Cl. The number of rotatable bonds is 5. The highest BCUT2D eigenvalue weighted by Crippen LogP contribution is 2.33. The van der Waals surface area contributed by atoms with E-state index in [1.165, 1.54) is 19.6 Å². The van der Waals surface area contributed by atoms with E-state index in [4.69, 9.17) is 4.74 Å². The monoisotopic (exact) mass is 488 g/mol. The Morgan fingerprint density at radius 3 is 2.71 bits per heavy atom. The summed E-state index contributed by atoms with van der Waals surface area (Å²) in [4.78, 5) is 25.2. The minimum Gasteiger partial charge on any atom is -0.496 e. The smallest absolute Gasteiger partial charge is 0.263 e. The Hall–Kier alpha value is -2.88. The van der Waals surface area contributed by atoms with Crippen molar-refractivity contribution in [3.63, 3.8) is 0 Å². The van der Waals surface area contributed by atoms with Crippen molar-refractivity contribution in [3.8, 4) is 5.75 Å². The molecule has 8 nitrogen and oxygen atoms in total. The molecule has 2 saturated heterocycles. The van der Waals surface area contributed by atoms with Crippen LogP contribution in [-0.4, -0.2) is 67.7 Å². The number of hydrogen-bond acceptors (Lipinski definition) is 6. The zero-order chi connectivity index (χ0) is 22.9. The highest BCUT2D eigenvalue weighted by atomic mass is 35.5. The lowest BCUT2D eigenvalue weighted by Gasteiger charge is -2.30. The molecule has 0 spiro atoms. The number of anilines is 2. The number of halogens is 2.